The van der Waals surface area contributed by atoms with E-state index in [-0.39, 0.29) is 22.4 Å². The summed E-state index contributed by atoms with van der Waals surface area (Å²) in [6.07, 6.45) is 8.69. The van der Waals surface area contributed by atoms with Gasteiger partial charge < -0.3 is 5.32 Å². The van der Waals surface area contributed by atoms with Gasteiger partial charge in [0.2, 0.25) is 10.0 Å². The average Bonchev–Trinajstić information content (AvgIpc) is 3.31. The Morgan fingerprint density at radius 3 is 2.43 bits per heavy atom. The van der Waals surface area contributed by atoms with E-state index in [1.165, 1.54) is 12.1 Å². The molecule has 1 amide bonds. The SMILES string of the molecule is CC1(NC(=O)c2ccc(S(=O)(=O)NC3CC3)cc2)CC=CCC1. The van der Waals surface area contributed by atoms with E-state index >= 15 is 0 Å². The van der Waals surface area contributed by atoms with Crippen LogP contribution < -0.4 is 10.0 Å². The van der Waals surface area contributed by atoms with Crippen molar-refractivity contribution in [2.24, 2.45) is 0 Å². The zero-order valence-electron chi connectivity index (χ0n) is 13.2. The Balaban J connectivity index is 1.69. The Kier molecular flexibility index (Phi) is 4.29. The van der Waals surface area contributed by atoms with E-state index in [2.05, 4.69) is 22.2 Å². The summed E-state index contributed by atoms with van der Waals surface area (Å²) in [5.74, 6) is -0.165. The highest BCUT2D eigenvalue weighted by molar-refractivity contribution is 7.89. The van der Waals surface area contributed by atoms with Crippen LogP contribution in [0.25, 0.3) is 0 Å². The van der Waals surface area contributed by atoms with Crippen LogP contribution in [0.1, 0.15) is 49.4 Å². The lowest BCUT2D eigenvalue weighted by atomic mass is 9.87. The summed E-state index contributed by atoms with van der Waals surface area (Å²) < 4.78 is 26.9. The molecule has 3 rings (SSSR count). The van der Waals surface area contributed by atoms with Gasteiger partial charge in [-0.2, -0.15) is 0 Å². The second-order valence-corrected chi connectivity index (χ2v) is 8.36. The molecule has 2 aliphatic carbocycles. The van der Waals surface area contributed by atoms with Gasteiger partial charge in [-0.1, -0.05) is 12.2 Å². The molecule has 0 radical (unpaired) electrons. The zero-order valence-corrected chi connectivity index (χ0v) is 14.0. The third-order valence-electron chi connectivity index (χ3n) is 4.34. The summed E-state index contributed by atoms with van der Waals surface area (Å²) in [4.78, 5) is 12.6. The molecule has 1 atom stereocenters. The van der Waals surface area contributed by atoms with Crippen molar-refractivity contribution in [2.75, 3.05) is 0 Å². The molecule has 2 N–H and O–H groups in total. The first-order valence-electron chi connectivity index (χ1n) is 7.98. The molecule has 1 fully saturated rings. The maximum Gasteiger partial charge on any atom is 0.251 e. The number of hydrogen-bond donors (Lipinski definition) is 2. The van der Waals surface area contributed by atoms with Gasteiger partial charge in [-0.3, -0.25) is 4.79 Å². The van der Waals surface area contributed by atoms with Gasteiger partial charge >= 0.3 is 0 Å². The third-order valence-corrected chi connectivity index (χ3v) is 5.88. The van der Waals surface area contributed by atoms with Crippen LogP contribution in [0.3, 0.4) is 0 Å². The molecule has 1 unspecified atom stereocenters. The molecule has 6 heteroatoms. The van der Waals surface area contributed by atoms with E-state index in [0.717, 1.165) is 32.1 Å². The number of carbonyl (C=O) groups excluding carboxylic acids is 1. The predicted molar refractivity (Wildman–Crippen MR) is 88.6 cm³/mol. The summed E-state index contributed by atoms with van der Waals surface area (Å²) in [5, 5.41) is 3.06. The van der Waals surface area contributed by atoms with Crippen LogP contribution >= 0.6 is 0 Å². The number of rotatable bonds is 5. The van der Waals surface area contributed by atoms with Gasteiger partial charge in [0.25, 0.3) is 5.91 Å². The van der Waals surface area contributed by atoms with Crippen molar-refractivity contribution >= 4 is 15.9 Å². The lowest BCUT2D eigenvalue weighted by Crippen LogP contribution is -2.46. The van der Waals surface area contributed by atoms with Crippen LogP contribution in [-0.4, -0.2) is 25.9 Å². The monoisotopic (exact) mass is 334 g/mol. The number of hydrogen-bond acceptors (Lipinski definition) is 3. The molecule has 1 aromatic carbocycles. The molecule has 124 valence electrons. The highest BCUT2D eigenvalue weighted by atomic mass is 32.2. The molecule has 2 aliphatic rings. The minimum Gasteiger partial charge on any atom is -0.347 e. The standard InChI is InChI=1S/C17H22N2O3S/c1-17(11-3-2-4-12-17)18-16(20)13-5-9-15(10-6-13)23(21,22)19-14-7-8-14/h2-3,5-6,9-10,14,19H,4,7-8,11-12H2,1H3,(H,18,20). The molecule has 1 saturated carbocycles. The normalized spacial score (nSPS) is 24.4. The van der Waals surface area contributed by atoms with E-state index in [1.807, 2.05) is 6.92 Å². The Morgan fingerprint density at radius 1 is 1.17 bits per heavy atom. The third kappa shape index (κ3) is 4.00. The van der Waals surface area contributed by atoms with Crippen molar-refractivity contribution in [1.82, 2.24) is 10.0 Å². The largest absolute Gasteiger partial charge is 0.347 e. The topological polar surface area (TPSA) is 75.3 Å². The number of nitrogens with one attached hydrogen (secondary N) is 2. The van der Waals surface area contributed by atoms with E-state index in [1.54, 1.807) is 12.1 Å². The smallest absolute Gasteiger partial charge is 0.251 e. The lowest BCUT2D eigenvalue weighted by molar-refractivity contribution is 0.0900. The highest BCUT2D eigenvalue weighted by Crippen LogP contribution is 2.24. The van der Waals surface area contributed by atoms with Crippen LogP contribution in [0.2, 0.25) is 0 Å². The van der Waals surface area contributed by atoms with Crippen LogP contribution in [-0.2, 0) is 10.0 Å². The molecule has 0 aromatic heterocycles. The summed E-state index contributed by atoms with van der Waals surface area (Å²) in [5.41, 5.74) is 0.246. The molecule has 1 aromatic rings. The van der Waals surface area contributed by atoms with Crippen molar-refractivity contribution in [3.63, 3.8) is 0 Å². The van der Waals surface area contributed by atoms with Crippen molar-refractivity contribution in [3.05, 3.63) is 42.0 Å². The van der Waals surface area contributed by atoms with Gasteiger partial charge in [-0.15, -0.1) is 0 Å². The van der Waals surface area contributed by atoms with Crippen molar-refractivity contribution in [3.8, 4) is 0 Å². The van der Waals surface area contributed by atoms with Crippen molar-refractivity contribution in [1.29, 1.82) is 0 Å². The fourth-order valence-corrected chi connectivity index (χ4v) is 4.00. The molecule has 0 heterocycles. The fourth-order valence-electron chi connectivity index (χ4n) is 2.70. The van der Waals surface area contributed by atoms with E-state index in [9.17, 15) is 13.2 Å². The first-order chi connectivity index (χ1) is 10.9. The lowest BCUT2D eigenvalue weighted by Gasteiger charge is -2.32. The van der Waals surface area contributed by atoms with Gasteiger partial charge in [0.05, 0.1) is 4.90 Å². The summed E-state index contributed by atoms with van der Waals surface area (Å²) in [6.45, 7) is 2.03. The second-order valence-electron chi connectivity index (χ2n) is 6.65. The second kappa shape index (κ2) is 6.09. The first-order valence-corrected chi connectivity index (χ1v) is 9.46. The van der Waals surface area contributed by atoms with Gasteiger partial charge in [-0.05, 0) is 63.3 Å². The van der Waals surface area contributed by atoms with E-state index < -0.39 is 10.0 Å². The average molecular weight is 334 g/mol. The Hall–Kier alpha value is -1.66. The molecule has 0 spiro atoms. The van der Waals surface area contributed by atoms with Crippen molar-refractivity contribution < 1.29 is 13.2 Å². The van der Waals surface area contributed by atoms with Crippen LogP contribution in [0.5, 0.6) is 0 Å². The molecule has 0 saturated heterocycles. The molecular weight excluding hydrogens is 312 g/mol. The van der Waals surface area contributed by atoms with Gasteiger partial charge in [-0.25, -0.2) is 13.1 Å². The molecule has 23 heavy (non-hydrogen) atoms. The van der Waals surface area contributed by atoms with Crippen LogP contribution in [0.4, 0.5) is 0 Å². The van der Waals surface area contributed by atoms with E-state index in [0.29, 0.717) is 5.56 Å². The molecule has 0 bridgehead atoms. The minimum absolute atomic E-state index is 0.0716. The first kappa shape index (κ1) is 16.2. The maximum absolute atomic E-state index is 12.4. The number of carbonyl (C=O) groups is 1. The van der Waals surface area contributed by atoms with Crippen LogP contribution in [0, 0.1) is 0 Å². The maximum atomic E-state index is 12.4. The minimum atomic E-state index is -3.47. The fraction of sp³-hybridized carbons (Fsp3) is 0.471. The number of allylic oxidation sites excluding steroid dienone is 1. The van der Waals surface area contributed by atoms with Crippen LogP contribution in [0.15, 0.2) is 41.3 Å². The summed E-state index contributed by atoms with van der Waals surface area (Å²) in [7, 11) is -3.47. The summed E-state index contributed by atoms with van der Waals surface area (Å²) in [6, 6.07) is 6.19. The number of amides is 1. The Morgan fingerprint density at radius 2 is 1.87 bits per heavy atom. The predicted octanol–water partition coefficient (Wildman–Crippen LogP) is 2.36. The highest BCUT2D eigenvalue weighted by Gasteiger charge is 2.29. The quantitative estimate of drug-likeness (QED) is 0.812. The zero-order chi connectivity index (χ0) is 16.5. The Bertz CT molecular complexity index is 721. The number of benzene rings is 1. The Labute approximate surface area is 137 Å². The van der Waals surface area contributed by atoms with Crippen molar-refractivity contribution in [2.45, 2.75) is 55.5 Å². The molecule has 5 nitrogen and oxygen atoms in total. The van der Waals surface area contributed by atoms with E-state index in [4.69, 9.17) is 0 Å². The van der Waals surface area contributed by atoms with Gasteiger partial charge in [0.1, 0.15) is 0 Å². The summed E-state index contributed by atoms with van der Waals surface area (Å²) >= 11 is 0. The number of sulfonamides is 1. The van der Waals surface area contributed by atoms with Gasteiger partial charge in [0, 0.05) is 17.1 Å². The molecule has 0 aliphatic heterocycles. The molecular formula is C17H22N2O3S. The van der Waals surface area contributed by atoms with Gasteiger partial charge in [0.15, 0.2) is 0 Å².